The first-order valence-corrected chi connectivity index (χ1v) is 4.95. The Morgan fingerprint density at radius 2 is 1.81 bits per heavy atom. The molecule has 4 heteroatoms. The fourth-order valence-corrected chi connectivity index (χ4v) is 1.27. The third-order valence-electron chi connectivity index (χ3n) is 1.90. The second-order valence-corrected chi connectivity index (χ2v) is 3.58. The Balaban J connectivity index is 2.26. The van der Waals surface area contributed by atoms with Gasteiger partial charge in [-0.2, -0.15) is 0 Å². The van der Waals surface area contributed by atoms with Gasteiger partial charge in [-0.05, 0) is 43.3 Å². The van der Waals surface area contributed by atoms with Crippen LogP contribution in [0.1, 0.15) is 5.69 Å². The summed E-state index contributed by atoms with van der Waals surface area (Å²) in [4.78, 5) is 3.85. The molecular weight excluding hydrogens is 229 g/mol. The molecule has 0 unspecified atom stereocenters. The molecule has 1 aromatic heterocycles. The van der Waals surface area contributed by atoms with Gasteiger partial charge in [-0.3, -0.25) is 0 Å². The van der Waals surface area contributed by atoms with Crippen molar-refractivity contribution in [2.45, 2.75) is 0 Å². The number of aromatic nitrogens is 1. The molecule has 16 heavy (non-hydrogen) atoms. The Morgan fingerprint density at radius 3 is 2.50 bits per heavy atom. The number of hydrogen-bond acceptors (Lipinski definition) is 2. The van der Waals surface area contributed by atoms with Gasteiger partial charge < -0.3 is 4.74 Å². The molecule has 0 fully saturated rings. The fourth-order valence-electron chi connectivity index (χ4n) is 1.15. The van der Waals surface area contributed by atoms with Gasteiger partial charge in [-0.1, -0.05) is 11.6 Å². The molecule has 0 amide bonds. The number of pyridine rings is 1. The van der Waals surface area contributed by atoms with Crippen LogP contribution in [0.3, 0.4) is 0 Å². The molecule has 1 heterocycles. The summed E-state index contributed by atoms with van der Waals surface area (Å²) in [5.74, 6) is -0.140. The smallest absolute Gasteiger partial charge is 0.256 e. The highest BCUT2D eigenvalue weighted by atomic mass is 35.5. The zero-order valence-corrected chi connectivity index (χ0v) is 9.04. The lowest BCUT2D eigenvalue weighted by molar-refractivity contribution is 0.422. The number of nitrogens with zero attached hydrogens (tertiary/aromatic N) is 1. The van der Waals surface area contributed by atoms with Gasteiger partial charge in [0.1, 0.15) is 5.75 Å². The predicted molar refractivity (Wildman–Crippen MR) is 60.2 cm³/mol. The molecule has 0 N–H and O–H groups in total. The Bertz CT molecular complexity index is 499. The van der Waals surface area contributed by atoms with Crippen LogP contribution in [0.5, 0.6) is 11.6 Å². The molecule has 0 aliphatic carbocycles. The van der Waals surface area contributed by atoms with Crippen molar-refractivity contribution in [3.63, 3.8) is 0 Å². The van der Waals surface area contributed by atoms with Gasteiger partial charge in [-0.15, -0.1) is 0 Å². The minimum absolute atomic E-state index is 0.0881. The van der Waals surface area contributed by atoms with Crippen LogP contribution in [-0.2, 0) is 0 Å². The van der Waals surface area contributed by atoms with Crippen LogP contribution >= 0.6 is 11.6 Å². The minimum atomic E-state index is -0.526. The molecule has 0 aliphatic rings. The molecule has 2 nitrogen and oxygen atoms in total. The first-order valence-electron chi connectivity index (χ1n) is 4.57. The maximum absolute atomic E-state index is 13.3. The van der Waals surface area contributed by atoms with Crippen molar-refractivity contribution in [2.24, 2.45) is 0 Å². The lowest BCUT2D eigenvalue weighted by atomic mass is 10.3. The van der Waals surface area contributed by atoms with E-state index in [4.69, 9.17) is 16.3 Å². The van der Waals surface area contributed by atoms with Crippen molar-refractivity contribution < 1.29 is 9.13 Å². The van der Waals surface area contributed by atoms with E-state index in [-0.39, 0.29) is 5.88 Å². The van der Waals surface area contributed by atoms with E-state index in [0.29, 0.717) is 16.5 Å². The maximum Gasteiger partial charge on any atom is 0.256 e. The monoisotopic (exact) mass is 236 g/mol. The molecule has 2 aromatic rings. The van der Waals surface area contributed by atoms with Crippen molar-refractivity contribution in [1.29, 1.82) is 0 Å². The van der Waals surface area contributed by atoms with Gasteiger partial charge in [0.2, 0.25) is 0 Å². The van der Waals surface area contributed by atoms with Crippen molar-refractivity contribution in [1.82, 2.24) is 4.98 Å². The van der Waals surface area contributed by atoms with Gasteiger partial charge in [-0.25, -0.2) is 9.37 Å². The molecule has 0 atom stereocenters. The summed E-state index contributed by atoms with van der Waals surface area (Å²) in [5, 5.41) is 0.590. The molecule has 0 bridgehead atoms. The Hall–Kier alpha value is -1.61. The number of rotatable bonds is 2. The Morgan fingerprint density at radius 1 is 1.12 bits per heavy atom. The number of hydrogen-bond donors (Lipinski definition) is 0. The van der Waals surface area contributed by atoms with Crippen molar-refractivity contribution >= 4 is 11.6 Å². The van der Waals surface area contributed by atoms with Crippen LogP contribution in [0, 0.1) is 12.7 Å². The standard InChI is InChI=1S/C12H8ClFNO/c1-8-2-7-11(14)12(15-8)16-10-5-3-9(13)4-6-10/h2-7H,1H2. The summed E-state index contributed by atoms with van der Waals surface area (Å²) >= 11 is 5.72. The lowest BCUT2D eigenvalue weighted by Crippen LogP contribution is -1.93. The predicted octanol–water partition coefficient (Wildman–Crippen LogP) is 3.85. The Kier molecular flexibility index (Phi) is 3.06. The summed E-state index contributed by atoms with van der Waals surface area (Å²) in [6.07, 6.45) is 0. The number of benzene rings is 1. The molecule has 0 spiro atoms. The SMILES string of the molecule is [CH2]c1ccc(F)c(Oc2ccc(Cl)cc2)n1. The highest BCUT2D eigenvalue weighted by Crippen LogP contribution is 2.23. The van der Waals surface area contributed by atoms with E-state index in [2.05, 4.69) is 11.9 Å². The van der Waals surface area contributed by atoms with E-state index in [0.717, 1.165) is 0 Å². The zero-order valence-electron chi connectivity index (χ0n) is 8.28. The van der Waals surface area contributed by atoms with E-state index in [1.807, 2.05) is 0 Å². The minimum Gasteiger partial charge on any atom is -0.436 e. The fraction of sp³-hybridized carbons (Fsp3) is 0. The van der Waals surface area contributed by atoms with E-state index >= 15 is 0 Å². The third-order valence-corrected chi connectivity index (χ3v) is 2.15. The van der Waals surface area contributed by atoms with Crippen LogP contribution < -0.4 is 4.74 Å². The Labute approximate surface area is 97.7 Å². The maximum atomic E-state index is 13.3. The van der Waals surface area contributed by atoms with Crippen LogP contribution in [0.25, 0.3) is 0 Å². The van der Waals surface area contributed by atoms with Gasteiger partial charge in [0.05, 0.1) is 0 Å². The molecule has 81 valence electrons. The normalized spacial score (nSPS) is 10.2. The number of ether oxygens (including phenoxy) is 1. The molecule has 0 aliphatic heterocycles. The average Bonchev–Trinajstić information content (AvgIpc) is 2.27. The van der Waals surface area contributed by atoms with E-state index in [1.54, 1.807) is 24.3 Å². The summed E-state index contributed by atoms with van der Waals surface area (Å²) < 4.78 is 18.6. The number of halogens is 2. The largest absolute Gasteiger partial charge is 0.436 e. The van der Waals surface area contributed by atoms with Crippen LogP contribution in [0.15, 0.2) is 36.4 Å². The first-order chi connectivity index (χ1) is 7.65. The van der Waals surface area contributed by atoms with Crippen molar-refractivity contribution in [3.05, 3.63) is 59.9 Å². The molecule has 0 saturated carbocycles. The average molecular weight is 237 g/mol. The first kappa shape index (κ1) is 10.9. The second kappa shape index (κ2) is 4.49. The highest BCUT2D eigenvalue weighted by Gasteiger charge is 2.06. The highest BCUT2D eigenvalue weighted by molar-refractivity contribution is 6.30. The van der Waals surface area contributed by atoms with Crippen LogP contribution in [-0.4, -0.2) is 4.98 Å². The molecule has 1 aromatic carbocycles. The van der Waals surface area contributed by atoms with Gasteiger partial charge in [0, 0.05) is 10.7 Å². The lowest BCUT2D eigenvalue weighted by Gasteiger charge is -2.06. The summed E-state index contributed by atoms with van der Waals surface area (Å²) in [6.45, 7) is 3.60. The second-order valence-electron chi connectivity index (χ2n) is 3.15. The van der Waals surface area contributed by atoms with Crippen LogP contribution in [0.2, 0.25) is 5.02 Å². The quantitative estimate of drug-likeness (QED) is 0.790. The van der Waals surface area contributed by atoms with Gasteiger partial charge in [0.25, 0.3) is 5.88 Å². The van der Waals surface area contributed by atoms with Crippen molar-refractivity contribution in [2.75, 3.05) is 0 Å². The summed E-state index contributed by atoms with van der Waals surface area (Å²) in [6, 6.07) is 9.33. The van der Waals surface area contributed by atoms with E-state index in [9.17, 15) is 4.39 Å². The summed E-state index contributed by atoms with van der Waals surface area (Å²) in [5.41, 5.74) is 0.449. The summed E-state index contributed by atoms with van der Waals surface area (Å²) in [7, 11) is 0. The topological polar surface area (TPSA) is 22.1 Å². The third kappa shape index (κ3) is 2.49. The van der Waals surface area contributed by atoms with Crippen LogP contribution in [0.4, 0.5) is 4.39 Å². The van der Waals surface area contributed by atoms with E-state index in [1.165, 1.54) is 12.1 Å². The zero-order chi connectivity index (χ0) is 11.5. The van der Waals surface area contributed by atoms with Gasteiger partial charge >= 0.3 is 0 Å². The van der Waals surface area contributed by atoms with Crippen molar-refractivity contribution in [3.8, 4) is 11.6 Å². The molecular formula is C12H8ClFNO. The molecule has 0 saturated heterocycles. The molecule has 1 radical (unpaired) electrons. The molecule has 2 rings (SSSR count). The van der Waals surface area contributed by atoms with E-state index < -0.39 is 5.82 Å². The van der Waals surface area contributed by atoms with Gasteiger partial charge in [0.15, 0.2) is 5.82 Å².